The highest BCUT2D eigenvalue weighted by Crippen LogP contribution is 2.42. The predicted octanol–water partition coefficient (Wildman–Crippen LogP) is 3.27. The van der Waals surface area contributed by atoms with E-state index in [1.165, 1.54) is 12.1 Å². The molecule has 1 aromatic rings. The minimum absolute atomic E-state index is 0.00749. The monoisotopic (exact) mass is 385 g/mol. The first-order chi connectivity index (χ1) is 12.6. The Bertz CT molecular complexity index is 677. The number of halogens is 2. The molecule has 2 bridgehead atoms. The normalized spacial score (nSPS) is 28.2. The molecule has 0 spiro atoms. The molecular weight excluding hydrogens is 360 g/mol. The van der Waals surface area contributed by atoms with Crippen molar-refractivity contribution in [2.45, 2.75) is 63.5 Å². The lowest BCUT2D eigenvalue weighted by atomic mass is 9.77. The summed E-state index contributed by atoms with van der Waals surface area (Å²) < 4.78 is 40.5. The molecule has 0 radical (unpaired) electrons. The van der Waals surface area contributed by atoms with Gasteiger partial charge in [-0.2, -0.15) is 8.78 Å². The quantitative estimate of drug-likeness (QED) is 0.865. The molecule has 2 unspecified atom stereocenters. The molecule has 150 valence electrons. The summed E-state index contributed by atoms with van der Waals surface area (Å²) in [4.78, 5) is 14.3. The average Bonchev–Trinajstić information content (AvgIpc) is 2.52. The third kappa shape index (κ3) is 4.50. The van der Waals surface area contributed by atoms with E-state index in [4.69, 9.17) is 9.47 Å². The zero-order valence-corrected chi connectivity index (χ0v) is 15.7. The summed E-state index contributed by atoms with van der Waals surface area (Å²) in [5.41, 5.74) is -1.40. The largest absolute Gasteiger partial charge is 0.444 e. The summed E-state index contributed by atoms with van der Waals surface area (Å²) in [6, 6.07) is 5.36. The fourth-order valence-corrected chi connectivity index (χ4v) is 3.79. The average molecular weight is 385 g/mol. The van der Waals surface area contributed by atoms with E-state index in [0.717, 1.165) is 0 Å². The summed E-state index contributed by atoms with van der Waals surface area (Å²) in [6.07, 6.45) is 0.0134. The molecule has 1 N–H and O–H groups in total. The topological polar surface area (TPSA) is 68.2 Å². The third-order valence-electron chi connectivity index (χ3n) is 4.75. The molecule has 6 nitrogen and oxygen atoms in total. The Morgan fingerprint density at radius 1 is 1.30 bits per heavy atom. The van der Waals surface area contributed by atoms with Gasteiger partial charge < -0.3 is 19.3 Å². The third-order valence-corrected chi connectivity index (χ3v) is 4.75. The minimum atomic E-state index is -2.93. The van der Waals surface area contributed by atoms with Crippen LogP contribution in [-0.4, -0.2) is 53.6 Å². The summed E-state index contributed by atoms with van der Waals surface area (Å²) in [5.74, 6) is -0.00749. The molecule has 1 aromatic carbocycles. The van der Waals surface area contributed by atoms with Gasteiger partial charge >= 0.3 is 12.7 Å². The fraction of sp³-hybridized carbons (Fsp3) is 0.632. The van der Waals surface area contributed by atoms with Crippen molar-refractivity contribution in [2.24, 2.45) is 0 Å². The van der Waals surface area contributed by atoms with Crippen molar-refractivity contribution in [3.05, 3.63) is 29.8 Å². The molecule has 0 aromatic heterocycles. The van der Waals surface area contributed by atoms with Gasteiger partial charge in [-0.25, -0.2) is 4.79 Å². The number of alkyl halides is 2. The molecule has 0 aliphatic carbocycles. The molecule has 0 saturated carbocycles. The predicted molar refractivity (Wildman–Crippen MR) is 92.7 cm³/mol. The van der Waals surface area contributed by atoms with E-state index >= 15 is 0 Å². The second kappa shape index (κ2) is 7.24. The maximum absolute atomic E-state index is 12.6. The highest BCUT2D eigenvalue weighted by Gasteiger charge is 2.49. The van der Waals surface area contributed by atoms with Crippen molar-refractivity contribution in [3.63, 3.8) is 0 Å². The smallest absolute Gasteiger partial charge is 0.410 e. The second-order valence-corrected chi connectivity index (χ2v) is 8.08. The lowest BCUT2D eigenvalue weighted by molar-refractivity contribution is -0.141. The van der Waals surface area contributed by atoms with E-state index in [1.807, 2.05) is 0 Å². The number of ether oxygens (including phenoxy) is 3. The number of amides is 1. The van der Waals surface area contributed by atoms with Crippen molar-refractivity contribution in [2.75, 3.05) is 13.2 Å². The molecule has 1 amide bonds. The van der Waals surface area contributed by atoms with E-state index in [-0.39, 0.29) is 43.9 Å². The van der Waals surface area contributed by atoms with Gasteiger partial charge in [-0.3, -0.25) is 4.90 Å². The van der Waals surface area contributed by atoms with E-state index < -0.39 is 23.9 Å². The number of morpholine rings is 1. The Hall–Kier alpha value is -1.93. The van der Waals surface area contributed by atoms with Crippen LogP contribution in [-0.2, 0) is 15.1 Å². The number of fused-ring (bicyclic) bond motifs is 2. The van der Waals surface area contributed by atoms with Gasteiger partial charge in [0.15, 0.2) is 0 Å². The van der Waals surface area contributed by atoms with Crippen LogP contribution in [0.15, 0.2) is 24.3 Å². The van der Waals surface area contributed by atoms with Gasteiger partial charge in [0.2, 0.25) is 0 Å². The number of piperidine rings is 1. The summed E-state index contributed by atoms with van der Waals surface area (Å²) in [6.45, 7) is 3.03. The molecular formula is C19H25F2NO5. The summed E-state index contributed by atoms with van der Waals surface area (Å²) in [5, 5.41) is 11.3. The van der Waals surface area contributed by atoms with Crippen LogP contribution in [0.4, 0.5) is 13.6 Å². The standard InChI is InChI=1S/C19H25F2NO5/c1-18(2,3)27-17(23)22-13-8-19(24,9-14(22)11-25-10-13)12-5-4-6-15(7-12)26-16(20)21/h4-7,13-14,16,24H,8-11H2,1-3H3. The van der Waals surface area contributed by atoms with Crippen LogP contribution < -0.4 is 4.74 Å². The molecule has 8 heteroatoms. The van der Waals surface area contributed by atoms with E-state index in [2.05, 4.69) is 4.74 Å². The first kappa shape index (κ1) is 19.8. The zero-order valence-electron chi connectivity index (χ0n) is 15.7. The van der Waals surface area contributed by atoms with Crippen molar-refractivity contribution < 1.29 is 32.9 Å². The van der Waals surface area contributed by atoms with Crippen molar-refractivity contribution in [1.29, 1.82) is 0 Å². The van der Waals surface area contributed by atoms with Crippen LogP contribution in [0.25, 0.3) is 0 Å². The maximum Gasteiger partial charge on any atom is 0.410 e. The Morgan fingerprint density at radius 2 is 1.93 bits per heavy atom. The summed E-state index contributed by atoms with van der Waals surface area (Å²) >= 11 is 0. The van der Waals surface area contributed by atoms with Crippen LogP contribution in [0.1, 0.15) is 39.2 Å². The Balaban J connectivity index is 1.82. The molecule has 2 aliphatic heterocycles. The van der Waals surface area contributed by atoms with Crippen LogP contribution in [0, 0.1) is 0 Å². The number of hydrogen-bond donors (Lipinski definition) is 1. The Labute approximate surface area is 157 Å². The highest BCUT2D eigenvalue weighted by molar-refractivity contribution is 5.69. The lowest BCUT2D eigenvalue weighted by Crippen LogP contribution is -2.63. The van der Waals surface area contributed by atoms with Crippen molar-refractivity contribution >= 4 is 6.09 Å². The van der Waals surface area contributed by atoms with Gasteiger partial charge in [0.05, 0.1) is 30.9 Å². The van der Waals surface area contributed by atoms with Gasteiger partial charge in [-0.05, 0) is 38.5 Å². The van der Waals surface area contributed by atoms with E-state index in [0.29, 0.717) is 5.56 Å². The number of carbonyl (C=O) groups is 1. The molecule has 2 atom stereocenters. The van der Waals surface area contributed by atoms with Gasteiger partial charge in [0, 0.05) is 12.8 Å². The highest BCUT2D eigenvalue weighted by atomic mass is 19.3. The first-order valence-electron chi connectivity index (χ1n) is 8.94. The first-order valence-corrected chi connectivity index (χ1v) is 8.94. The molecule has 2 saturated heterocycles. The van der Waals surface area contributed by atoms with Crippen molar-refractivity contribution in [3.8, 4) is 5.75 Å². The molecule has 3 rings (SSSR count). The maximum atomic E-state index is 12.6. The van der Waals surface area contributed by atoms with E-state index in [1.54, 1.807) is 37.8 Å². The number of benzene rings is 1. The minimum Gasteiger partial charge on any atom is -0.444 e. The molecule has 2 fully saturated rings. The van der Waals surface area contributed by atoms with Crippen LogP contribution in [0.3, 0.4) is 0 Å². The second-order valence-electron chi connectivity index (χ2n) is 8.08. The molecule has 27 heavy (non-hydrogen) atoms. The molecule has 2 heterocycles. The fourth-order valence-electron chi connectivity index (χ4n) is 3.79. The van der Waals surface area contributed by atoms with Gasteiger partial charge in [-0.1, -0.05) is 12.1 Å². The number of aliphatic hydroxyl groups is 1. The number of hydrogen-bond acceptors (Lipinski definition) is 5. The Kier molecular flexibility index (Phi) is 5.31. The van der Waals surface area contributed by atoms with Crippen LogP contribution in [0.5, 0.6) is 5.75 Å². The Morgan fingerprint density at radius 3 is 2.48 bits per heavy atom. The van der Waals surface area contributed by atoms with Crippen LogP contribution >= 0.6 is 0 Å². The van der Waals surface area contributed by atoms with Gasteiger partial charge in [-0.15, -0.1) is 0 Å². The van der Waals surface area contributed by atoms with Crippen LogP contribution in [0.2, 0.25) is 0 Å². The van der Waals surface area contributed by atoms with E-state index in [9.17, 15) is 18.7 Å². The number of carbonyl (C=O) groups excluding carboxylic acids is 1. The zero-order chi connectivity index (χ0) is 19.8. The summed E-state index contributed by atoms with van der Waals surface area (Å²) in [7, 11) is 0. The van der Waals surface area contributed by atoms with Gasteiger partial charge in [0.25, 0.3) is 0 Å². The lowest BCUT2D eigenvalue weighted by Gasteiger charge is -2.51. The number of rotatable bonds is 3. The number of nitrogens with zero attached hydrogens (tertiary/aromatic N) is 1. The van der Waals surface area contributed by atoms with Gasteiger partial charge in [0.1, 0.15) is 11.4 Å². The van der Waals surface area contributed by atoms with Crippen molar-refractivity contribution in [1.82, 2.24) is 4.90 Å². The molecule has 2 aliphatic rings. The SMILES string of the molecule is CC(C)(C)OC(=O)N1C2COCC1CC(O)(c1cccc(OC(F)F)c1)C2.